The largest absolute Gasteiger partial charge is 0.328 e. The lowest BCUT2D eigenvalue weighted by Crippen LogP contribution is -2.43. The number of nitrogens with one attached hydrogen (secondary N) is 1. The molecule has 1 aromatic carbocycles. The lowest BCUT2D eigenvalue weighted by atomic mass is 9.92. The van der Waals surface area contributed by atoms with E-state index in [2.05, 4.69) is 17.1 Å². The van der Waals surface area contributed by atoms with Gasteiger partial charge in [0, 0.05) is 31.2 Å². The number of carbonyl (C=O) groups excluding carboxylic acids is 1. The summed E-state index contributed by atoms with van der Waals surface area (Å²) in [5, 5.41) is 2.93. The second-order valence-electron chi connectivity index (χ2n) is 5.73. The fourth-order valence-electron chi connectivity index (χ4n) is 2.73. The van der Waals surface area contributed by atoms with Gasteiger partial charge in [-0.1, -0.05) is 18.2 Å². The third-order valence-electron chi connectivity index (χ3n) is 4.00. The summed E-state index contributed by atoms with van der Waals surface area (Å²) in [4.78, 5) is 14.3. The fraction of sp³-hybridized carbons (Fsp3) is 0.562. The number of anilines is 1. The predicted molar refractivity (Wildman–Crippen MR) is 89.8 cm³/mol. The highest BCUT2D eigenvalue weighted by molar-refractivity contribution is 5.90. The van der Waals surface area contributed by atoms with E-state index in [1.807, 2.05) is 30.3 Å². The van der Waals surface area contributed by atoms with Crippen molar-refractivity contribution in [2.75, 3.05) is 25.0 Å². The highest BCUT2D eigenvalue weighted by atomic mass is 35.5. The van der Waals surface area contributed by atoms with Crippen molar-refractivity contribution >= 4 is 24.0 Å². The van der Waals surface area contributed by atoms with Crippen LogP contribution in [0, 0.1) is 5.92 Å². The molecule has 2 unspecified atom stereocenters. The molecule has 1 fully saturated rings. The van der Waals surface area contributed by atoms with Crippen LogP contribution in [0.5, 0.6) is 0 Å². The standard InChI is InChI=1S/C16H25N3O.ClH/c1-13(17)14-6-5-10-19(12-14)11-9-16(20)18-15-7-3-2-4-8-15;/h2-4,7-8,13-14H,5-6,9-12,17H2,1H3,(H,18,20);1H. The summed E-state index contributed by atoms with van der Waals surface area (Å²) >= 11 is 0. The fourth-order valence-corrected chi connectivity index (χ4v) is 2.73. The van der Waals surface area contributed by atoms with Gasteiger partial charge in [-0.3, -0.25) is 4.79 Å². The molecule has 1 aromatic rings. The summed E-state index contributed by atoms with van der Waals surface area (Å²) in [6, 6.07) is 9.85. The minimum atomic E-state index is 0. The third kappa shape index (κ3) is 6.04. The molecule has 2 rings (SSSR count). The molecule has 1 aliphatic rings. The topological polar surface area (TPSA) is 58.4 Å². The Morgan fingerprint density at radius 1 is 1.43 bits per heavy atom. The Balaban J connectivity index is 0.00000220. The second kappa shape index (κ2) is 9.03. The molecule has 21 heavy (non-hydrogen) atoms. The molecule has 0 aromatic heterocycles. The first-order valence-corrected chi connectivity index (χ1v) is 7.48. The first kappa shape index (κ1) is 18.0. The number of para-hydroxylation sites is 1. The molecule has 5 heteroatoms. The van der Waals surface area contributed by atoms with Gasteiger partial charge >= 0.3 is 0 Å². The molecule has 1 aliphatic heterocycles. The smallest absolute Gasteiger partial charge is 0.225 e. The maximum atomic E-state index is 11.9. The normalized spacial score (nSPS) is 20.4. The Morgan fingerprint density at radius 3 is 2.81 bits per heavy atom. The number of nitrogens with two attached hydrogens (primary N) is 1. The van der Waals surface area contributed by atoms with E-state index < -0.39 is 0 Å². The summed E-state index contributed by atoms with van der Waals surface area (Å²) in [7, 11) is 0. The molecule has 0 spiro atoms. The van der Waals surface area contributed by atoms with E-state index in [1.165, 1.54) is 12.8 Å². The number of benzene rings is 1. The summed E-state index contributed by atoms with van der Waals surface area (Å²) in [6.07, 6.45) is 2.94. The van der Waals surface area contributed by atoms with E-state index in [0.29, 0.717) is 12.3 Å². The first-order chi connectivity index (χ1) is 9.65. The van der Waals surface area contributed by atoms with Gasteiger partial charge < -0.3 is 16.0 Å². The van der Waals surface area contributed by atoms with E-state index >= 15 is 0 Å². The van der Waals surface area contributed by atoms with Crippen LogP contribution in [0.15, 0.2) is 30.3 Å². The number of carbonyl (C=O) groups is 1. The zero-order valence-corrected chi connectivity index (χ0v) is 13.4. The Kier molecular flexibility index (Phi) is 7.72. The lowest BCUT2D eigenvalue weighted by molar-refractivity contribution is -0.116. The number of likely N-dealkylation sites (tertiary alicyclic amines) is 1. The van der Waals surface area contributed by atoms with Crippen LogP contribution < -0.4 is 11.1 Å². The van der Waals surface area contributed by atoms with Crippen molar-refractivity contribution in [2.24, 2.45) is 11.7 Å². The zero-order chi connectivity index (χ0) is 14.4. The number of amides is 1. The number of piperidine rings is 1. The van der Waals surface area contributed by atoms with Gasteiger partial charge in [-0.25, -0.2) is 0 Å². The monoisotopic (exact) mass is 311 g/mol. The minimum Gasteiger partial charge on any atom is -0.328 e. The maximum absolute atomic E-state index is 11.9. The van der Waals surface area contributed by atoms with Crippen molar-refractivity contribution in [2.45, 2.75) is 32.2 Å². The SMILES string of the molecule is CC(N)C1CCCN(CCC(=O)Nc2ccccc2)C1.Cl. The van der Waals surface area contributed by atoms with Gasteiger partial charge in [0.1, 0.15) is 0 Å². The van der Waals surface area contributed by atoms with Gasteiger partial charge in [0.15, 0.2) is 0 Å². The zero-order valence-electron chi connectivity index (χ0n) is 12.6. The molecule has 2 atom stereocenters. The van der Waals surface area contributed by atoms with Crippen molar-refractivity contribution < 1.29 is 4.79 Å². The second-order valence-corrected chi connectivity index (χ2v) is 5.73. The highest BCUT2D eigenvalue weighted by Crippen LogP contribution is 2.18. The number of halogens is 1. The molecule has 0 aliphatic carbocycles. The van der Waals surface area contributed by atoms with Crippen molar-refractivity contribution in [3.05, 3.63) is 30.3 Å². The molecule has 0 bridgehead atoms. The number of hydrogen-bond donors (Lipinski definition) is 2. The average Bonchev–Trinajstić information content (AvgIpc) is 2.46. The maximum Gasteiger partial charge on any atom is 0.225 e. The molecule has 1 saturated heterocycles. The summed E-state index contributed by atoms with van der Waals surface area (Å²) in [5.41, 5.74) is 6.85. The lowest BCUT2D eigenvalue weighted by Gasteiger charge is -2.34. The van der Waals surface area contributed by atoms with Gasteiger partial charge in [-0.2, -0.15) is 0 Å². The Hall–Kier alpha value is -1.10. The highest BCUT2D eigenvalue weighted by Gasteiger charge is 2.22. The van der Waals surface area contributed by atoms with E-state index in [-0.39, 0.29) is 24.4 Å². The quantitative estimate of drug-likeness (QED) is 0.878. The molecule has 1 heterocycles. The molecular formula is C16H26ClN3O. The first-order valence-electron chi connectivity index (χ1n) is 7.48. The summed E-state index contributed by atoms with van der Waals surface area (Å²) in [5.74, 6) is 0.653. The van der Waals surface area contributed by atoms with Crippen LogP contribution in [0.1, 0.15) is 26.2 Å². The third-order valence-corrected chi connectivity index (χ3v) is 4.00. The molecule has 4 nitrogen and oxygen atoms in total. The molecule has 0 radical (unpaired) electrons. The van der Waals surface area contributed by atoms with Gasteiger partial charge in [-0.05, 0) is 44.4 Å². The molecule has 1 amide bonds. The number of nitrogens with zero attached hydrogens (tertiary/aromatic N) is 1. The van der Waals surface area contributed by atoms with Crippen LogP contribution >= 0.6 is 12.4 Å². The number of rotatable bonds is 5. The number of hydrogen-bond acceptors (Lipinski definition) is 3. The van der Waals surface area contributed by atoms with Crippen molar-refractivity contribution in [1.29, 1.82) is 0 Å². The van der Waals surface area contributed by atoms with E-state index in [4.69, 9.17) is 5.73 Å². The van der Waals surface area contributed by atoms with Gasteiger partial charge in [-0.15, -0.1) is 12.4 Å². The van der Waals surface area contributed by atoms with Crippen LogP contribution in [-0.4, -0.2) is 36.5 Å². The Bertz CT molecular complexity index is 425. The van der Waals surface area contributed by atoms with E-state index in [9.17, 15) is 4.79 Å². The average molecular weight is 312 g/mol. The summed E-state index contributed by atoms with van der Waals surface area (Å²) < 4.78 is 0. The predicted octanol–water partition coefficient (Wildman–Crippen LogP) is 2.50. The van der Waals surface area contributed by atoms with Gasteiger partial charge in [0.05, 0.1) is 0 Å². The van der Waals surface area contributed by atoms with E-state index in [1.54, 1.807) is 0 Å². The van der Waals surface area contributed by atoms with Crippen LogP contribution in [-0.2, 0) is 4.79 Å². The Morgan fingerprint density at radius 2 is 2.14 bits per heavy atom. The van der Waals surface area contributed by atoms with Crippen LogP contribution in [0.2, 0.25) is 0 Å². The van der Waals surface area contributed by atoms with Crippen molar-refractivity contribution in [3.63, 3.8) is 0 Å². The summed E-state index contributed by atoms with van der Waals surface area (Å²) in [6.45, 7) is 5.01. The van der Waals surface area contributed by atoms with Crippen molar-refractivity contribution in [3.8, 4) is 0 Å². The Labute approximate surface area is 133 Å². The molecular weight excluding hydrogens is 286 g/mol. The molecule has 118 valence electrons. The molecule has 0 saturated carbocycles. The van der Waals surface area contributed by atoms with Gasteiger partial charge in [0.2, 0.25) is 5.91 Å². The van der Waals surface area contributed by atoms with Crippen LogP contribution in [0.3, 0.4) is 0 Å². The van der Waals surface area contributed by atoms with Crippen molar-refractivity contribution in [1.82, 2.24) is 4.90 Å². The molecule has 3 N–H and O–H groups in total. The van der Waals surface area contributed by atoms with E-state index in [0.717, 1.165) is 25.3 Å². The minimum absolute atomic E-state index is 0. The van der Waals surface area contributed by atoms with Crippen LogP contribution in [0.25, 0.3) is 0 Å². The van der Waals surface area contributed by atoms with Gasteiger partial charge in [0.25, 0.3) is 0 Å². The van der Waals surface area contributed by atoms with Crippen LogP contribution in [0.4, 0.5) is 5.69 Å².